The smallest absolute Gasteiger partial charge is 0.180 e. The molecular weight excluding hydrogens is 168 g/mol. The van der Waals surface area contributed by atoms with Crippen molar-refractivity contribution < 1.29 is 0 Å². The maximum atomic E-state index is 5.52. The van der Waals surface area contributed by atoms with Crippen molar-refractivity contribution >= 4 is 16.5 Å². The molecule has 0 amide bonds. The first-order chi connectivity index (χ1) is 5.83. The van der Waals surface area contributed by atoms with Gasteiger partial charge < -0.3 is 5.73 Å². The van der Waals surface area contributed by atoms with Crippen LogP contribution < -0.4 is 5.73 Å². The lowest BCUT2D eigenvalue weighted by Gasteiger charge is -1.95. The van der Waals surface area contributed by atoms with Crippen LogP contribution in [0.4, 0.5) is 5.13 Å². The minimum Gasteiger partial charge on any atom is -0.375 e. The monoisotopic (exact) mass is 184 g/mol. The molecule has 1 aromatic heterocycles. The van der Waals surface area contributed by atoms with E-state index in [0.29, 0.717) is 5.13 Å². The number of unbranched alkanes of at least 4 members (excludes halogenated alkanes) is 3. The lowest BCUT2D eigenvalue weighted by molar-refractivity contribution is 0.670. The number of anilines is 1. The summed E-state index contributed by atoms with van der Waals surface area (Å²) in [5, 5.41) is 0.695. The molecule has 0 spiro atoms. The average Bonchev–Trinajstić information content (AvgIpc) is 2.45. The molecule has 1 aromatic rings. The molecule has 0 unspecified atom stereocenters. The molecule has 2 N–H and O–H groups in total. The minimum atomic E-state index is 0.695. The summed E-state index contributed by atoms with van der Waals surface area (Å²) in [6, 6.07) is 0. The van der Waals surface area contributed by atoms with Gasteiger partial charge >= 0.3 is 0 Å². The molecule has 68 valence electrons. The maximum Gasteiger partial charge on any atom is 0.180 e. The van der Waals surface area contributed by atoms with Gasteiger partial charge in [-0.05, 0) is 12.8 Å². The summed E-state index contributed by atoms with van der Waals surface area (Å²) in [6.07, 6.45) is 8.28. The molecule has 0 aliphatic rings. The van der Waals surface area contributed by atoms with E-state index in [0.717, 1.165) is 6.42 Å². The molecule has 0 aliphatic heterocycles. The van der Waals surface area contributed by atoms with E-state index in [1.807, 2.05) is 6.20 Å². The molecule has 0 fully saturated rings. The van der Waals surface area contributed by atoms with Crippen LogP contribution in [0.5, 0.6) is 0 Å². The van der Waals surface area contributed by atoms with E-state index >= 15 is 0 Å². The van der Waals surface area contributed by atoms with Crippen molar-refractivity contribution in [2.45, 2.75) is 39.0 Å². The second kappa shape index (κ2) is 5.14. The zero-order chi connectivity index (χ0) is 8.81. The molecular formula is C9H16N2S. The highest BCUT2D eigenvalue weighted by atomic mass is 32.1. The Balaban J connectivity index is 2.15. The summed E-state index contributed by atoms with van der Waals surface area (Å²) in [6.45, 7) is 2.23. The summed E-state index contributed by atoms with van der Waals surface area (Å²) < 4.78 is 0. The van der Waals surface area contributed by atoms with Crippen LogP contribution in [0.1, 0.15) is 37.5 Å². The van der Waals surface area contributed by atoms with Gasteiger partial charge in [-0.1, -0.05) is 26.2 Å². The normalized spacial score (nSPS) is 10.4. The number of thiazole rings is 1. The Hall–Kier alpha value is -0.570. The molecule has 0 bridgehead atoms. The van der Waals surface area contributed by atoms with Crippen LogP contribution in [0.2, 0.25) is 0 Å². The largest absolute Gasteiger partial charge is 0.375 e. The van der Waals surface area contributed by atoms with Gasteiger partial charge in [-0.2, -0.15) is 0 Å². The van der Waals surface area contributed by atoms with Gasteiger partial charge in [0.2, 0.25) is 0 Å². The molecule has 1 rings (SSSR count). The van der Waals surface area contributed by atoms with Gasteiger partial charge in [0.15, 0.2) is 5.13 Å². The molecule has 1 heterocycles. The Morgan fingerprint density at radius 1 is 1.42 bits per heavy atom. The lowest BCUT2D eigenvalue weighted by atomic mass is 10.1. The first kappa shape index (κ1) is 9.52. The van der Waals surface area contributed by atoms with Crippen molar-refractivity contribution in [2.75, 3.05) is 5.73 Å². The Morgan fingerprint density at radius 2 is 2.25 bits per heavy atom. The van der Waals surface area contributed by atoms with E-state index in [4.69, 9.17) is 5.73 Å². The Kier molecular flexibility index (Phi) is 4.08. The number of aryl methyl sites for hydroxylation is 1. The summed E-state index contributed by atoms with van der Waals surface area (Å²) >= 11 is 1.61. The third kappa shape index (κ3) is 3.22. The topological polar surface area (TPSA) is 38.9 Å². The SMILES string of the molecule is CCCCCCc1cnc(N)s1. The van der Waals surface area contributed by atoms with E-state index < -0.39 is 0 Å². The molecule has 0 saturated carbocycles. The predicted octanol–water partition coefficient (Wildman–Crippen LogP) is 2.85. The molecule has 0 radical (unpaired) electrons. The second-order valence-electron chi connectivity index (χ2n) is 2.98. The van der Waals surface area contributed by atoms with Crippen molar-refractivity contribution in [1.29, 1.82) is 0 Å². The molecule has 0 saturated heterocycles. The molecule has 2 nitrogen and oxygen atoms in total. The van der Waals surface area contributed by atoms with E-state index in [1.165, 1.54) is 30.6 Å². The molecule has 0 atom stereocenters. The summed E-state index contributed by atoms with van der Waals surface area (Å²) in [4.78, 5) is 5.33. The fraction of sp³-hybridized carbons (Fsp3) is 0.667. The van der Waals surface area contributed by atoms with E-state index in [2.05, 4.69) is 11.9 Å². The second-order valence-corrected chi connectivity index (χ2v) is 4.12. The van der Waals surface area contributed by atoms with Crippen LogP contribution in [0, 0.1) is 0 Å². The van der Waals surface area contributed by atoms with Crippen LogP contribution in [0.25, 0.3) is 0 Å². The third-order valence-corrected chi connectivity index (χ3v) is 2.73. The quantitative estimate of drug-likeness (QED) is 0.715. The first-order valence-corrected chi connectivity index (χ1v) is 5.34. The predicted molar refractivity (Wildman–Crippen MR) is 54.4 cm³/mol. The highest BCUT2D eigenvalue weighted by Gasteiger charge is 1.97. The van der Waals surface area contributed by atoms with Crippen molar-refractivity contribution in [2.24, 2.45) is 0 Å². The average molecular weight is 184 g/mol. The molecule has 12 heavy (non-hydrogen) atoms. The third-order valence-electron chi connectivity index (χ3n) is 1.85. The number of nitrogens with two attached hydrogens (primary N) is 1. The van der Waals surface area contributed by atoms with Gasteiger partial charge in [-0.25, -0.2) is 4.98 Å². The standard InChI is InChI=1S/C9H16N2S/c1-2-3-4-5-6-8-7-11-9(10)12-8/h7H,2-6H2,1H3,(H2,10,11). The lowest BCUT2D eigenvalue weighted by Crippen LogP contribution is -1.80. The van der Waals surface area contributed by atoms with Crippen LogP contribution in [-0.4, -0.2) is 4.98 Å². The van der Waals surface area contributed by atoms with Crippen molar-refractivity contribution in [1.82, 2.24) is 4.98 Å². The Morgan fingerprint density at radius 3 is 2.83 bits per heavy atom. The highest BCUT2D eigenvalue weighted by Crippen LogP contribution is 2.17. The number of nitrogen functional groups attached to an aromatic ring is 1. The van der Waals surface area contributed by atoms with Crippen molar-refractivity contribution in [3.8, 4) is 0 Å². The maximum absolute atomic E-state index is 5.52. The van der Waals surface area contributed by atoms with Gasteiger partial charge in [0.25, 0.3) is 0 Å². The fourth-order valence-electron chi connectivity index (χ4n) is 1.16. The van der Waals surface area contributed by atoms with Crippen molar-refractivity contribution in [3.63, 3.8) is 0 Å². The van der Waals surface area contributed by atoms with Crippen LogP contribution >= 0.6 is 11.3 Å². The Labute approximate surface area is 77.8 Å². The van der Waals surface area contributed by atoms with Gasteiger partial charge in [-0.3, -0.25) is 0 Å². The molecule has 0 aliphatic carbocycles. The number of aromatic nitrogens is 1. The zero-order valence-electron chi connectivity index (χ0n) is 7.55. The Bertz CT molecular complexity index is 220. The highest BCUT2D eigenvalue weighted by molar-refractivity contribution is 7.15. The number of hydrogen-bond acceptors (Lipinski definition) is 3. The fourth-order valence-corrected chi connectivity index (χ4v) is 1.89. The van der Waals surface area contributed by atoms with Gasteiger partial charge in [0, 0.05) is 11.1 Å². The zero-order valence-corrected chi connectivity index (χ0v) is 8.36. The van der Waals surface area contributed by atoms with Crippen LogP contribution in [0.15, 0.2) is 6.20 Å². The van der Waals surface area contributed by atoms with Gasteiger partial charge in [0.05, 0.1) is 0 Å². The van der Waals surface area contributed by atoms with Crippen molar-refractivity contribution in [3.05, 3.63) is 11.1 Å². The van der Waals surface area contributed by atoms with Crippen LogP contribution in [-0.2, 0) is 6.42 Å². The molecule has 0 aromatic carbocycles. The van der Waals surface area contributed by atoms with E-state index in [-0.39, 0.29) is 0 Å². The van der Waals surface area contributed by atoms with Gasteiger partial charge in [-0.15, -0.1) is 11.3 Å². The molecule has 3 heteroatoms. The summed E-state index contributed by atoms with van der Waals surface area (Å²) in [5.41, 5.74) is 5.52. The summed E-state index contributed by atoms with van der Waals surface area (Å²) in [5.74, 6) is 0. The van der Waals surface area contributed by atoms with Crippen LogP contribution in [0.3, 0.4) is 0 Å². The first-order valence-electron chi connectivity index (χ1n) is 4.53. The minimum absolute atomic E-state index is 0.695. The number of nitrogens with zero attached hydrogens (tertiary/aromatic N) is 1. The number of hydrogen-bond donors (Lipinski definition) is 1. The summed E-state index contributed by atoms with van der Waals surface area (Å²) in [7, 11) is 0. The number of rotatable bonds is 5. The van der Waals surface area contributed by atoms with E-state index in [9.17, 15) is 0 Å². The van der Waals surface area contributed by atoms with Gasteiger partial charge in [0.1, 0.15) is 0 Å². The van der Waals surface area contributed by atoms with E-state index in [1.54, 1.807) is 11.3 Å².